The zero-order valence-electron chi connectivity index (χ0n) is 17.8. The van der Waals surface area contributed by atoms with Crippen LogP contribution in [-0.2, 0) is 9.47 Å². The molecule has 2 fully saturated rings. The Morgan fingerprint density at radius 2 is 2.00 bits per heavy atom. The van der Waals surface area contributed by atoms with Gasteiger partial charge in [0.25, 0.3) is 0 Å². The zero-order valence-corrected chi connectivity index (χ0v) is 17.8. The molecule has 1 spiro atoms. The first-order valence-corrected chi connectivity index (χ1v) is 10.2. The van der Waals surface area contributed by atoms with E-state index in [4.69, 9.17) is 18.9 Å². The van der Waals surface area contributed by atoms with Crippen LogP contribution in [0.15, 0.2) is 18.2 Å². The second-order valence-corrected chi connectivity index (χ2v) is 8.28. The van der Waals surface area contributed by atoms with Gasteiger partial charge < -0.3 is 28.7 Å². The second kappa shape index (κ2) is 8.41. The van der Waals surface area contributed by atoms with E-state index in [0.29, 0.717) is 36.8 Å². The van der Waals surface area contributed by atoms with Crippen molar-refractivity contribution in [3.05, 3.63) is 23.8 Å². The largest absolute Gasteiger partial charge is 0.454 e. The minimum atomic E-state index is -0.659. The molecule has 9 nitrogen and oxygen atoms in total. The van der Waals surface area contributed by atoms with Gasteiger partial charge in [-0.15, -0.1) is 0 Å². The molecule has 1 amide bonds. The van der Waals surface area contributed by atoms with Crippen LogP contribution in [0, 0.1) is 0 Å². The molecule has 9 heteroatoms. The molecule has 3 heterocycles. The van der Waals surface area contributed by atoms with Gasteiger partial charge in [0, 0.05) is 38.8 Å². The number of piperazine rings is 1. The number of carbonyl (C=O) groups is 2. The highest BCUT2D eigenvalue weighted by molar-refractivity contribution is 6.01. The molecule has 0 aromatic heterocycles. The molecule has 1 aromatic carbocycles. The molecule has 30 heavy (non-hydrogen) atoms. The summed E-state index contributed by atoms with van der Waals surface area (Å²) in [7, 11) is 3.69. The highest BCUT2D eigenvalue weighted by Gasteiger charge is 2.46. The number of benzene rings is 1. The van der Waals surface area contributed by atoms with Crippen LogP contribution < -0.4 is 9.47 Å². The normalized spacial score (nSPS) is 21.2. The van der Waals surface area contributed by atoms with Crippen LogP contribution in [0.4, 0.5) is 4.79 Å². The number of ketones is 1. The number of rotatable bonds is 6. The fourth-order valence-corrected chi connectivity index (χ4v) is 4.14. The lowest BCUT2D eigenvalue weighted by molar-refractivity contribution is -0.168. The number of likely N-dealkylation sites (N-methyl/N-ethyl adjacent to an activating group) is 2. The van der Waals surface area contributed by atoms with Crippen LogP contribution >= 0.6 is 0 Å². The average molecular weight is 419 g/mol. The summed E-state index contributed by atoms with van der Waals surface area (Å²) < 4.78 is 21.5. The van der Waals surface area contributed by atoms with Crippen LogP contribution in [0.25, 0.3) is 0 Å². The predicted molar refractivity (Wildman–Crippen MR) is 108 cm³/mol. The molecule has 0 aliphatic carbocycles. The van der Waals surface area contributed by atoms with Crippen molar-refractivity contribution in [1.82, 2.24) is 14.7 Å². The van der Waals surface area contributed by atoms with E-state index >= 15 is 0 Å². The minimum Gasteiger partial charge on any atom is -0.454 e. The number of Topliss-reactive ketones (excluding diaryl/α,β-unsaturated/α-hetero) is 1. The number of hydrogen-bond acceptors (Lipinski definition) is 8. The highest BCUT2D eigenvalue weighted by Crippen LogP contribution is 2.33. The van der Waals surface area contributed by atoms with E-state index in [-0.39, 0.29) is 24.7 Å². The molecule has 2 saturated heterocycles. The van der Waals surface area contributed by atoms with E-state index < -0.39 is 12.1 Å². The van der Waals surface area contributed by atoms with Gasteiger partial charge in [0.05, 0.1) is 24.8 Å². The number of carbonyl (C=O) groups excluding carboxylic acids is 2. The van der Waals surface area contributed by atoms with Gasteiger partial charge in [-0.2, -0.15) is 0 Å². The monoisotopic (exact) mass is 419 g/mol. The van der Waals surface area contributed by atoms with Gasteiger partial charge in [0.1, 0.15) is 6.61 Å². The summed E-state index contributed by atoms with van der Waals surface area (Å²) >= 11 is 0. The van der Waals surface area contributed by atoms with Crippen LogP contribution in [0.5, 0.6) is 11.5 Å². The third-order valence-corrected chi connectivity index (χ3v) is 6.22. The lowest BCUT2D eigenvalue weighted by Gasteiger charge is -2.54. The van der Waals surface area contributed by atoms with Gasteiger partial charge in [-0.05, 0) is 32.2 Å². The Bertz CT molecular complexity index is 812. The summed E-state index contributed by atoms with van der Waals surface area (Å²) in [6.45, 7) is 7.06. The molecule has 1 aromatic rings. The van der Waals surface area contributed by atoms with E-state index in [9.17, 15) is 9.59 Å². The summed E-state index contributed by atoms with van der Waals surface area (Å²) in [5, 5.41) is 0. The lowest BCUT2D eigenvalue weighted by atomic mass is 9.92. The number of hydrogen-bond donors (Lipinski definition) is 0. The van der Waals surface area contributed by atoms with E-state index in [1.807, 2.05) is 0 Å². The smallest absolute Gasteiger partial charge is 0.410 e. The molecule has 3 aliphatic rings. The van der Waals surface area contributed by atoms with Crippen molar-refractivity contribution in [3.63, 3.8) is 0 Å². The third-order valence-electron chi connectivity index (χ3n) is 6.22. The van der Waals surface area contributed by atoms with Gasteiger partial charge in [-0.1, -0.05) is 0 Å². The lowest BCUT2D eigenvalue weighted by Crippen LogP contribution is -2.71. The SMILES string of the molecule is CC(C(=O)c1ccc2c(c1)OCO2)N(C)C(=O)OCCN1CCN(C)CC12COC2. The first-order chi connectivity index (χ1) is 14.4. The van der Waals surface area contributed by atoms with Gasteiger partial charge in [-0.3, -0.25) is 9.69 Å². The standard InChI is InChI=1S/C21H29N3O6/c1-15(19(25)16-4-5-17-18(10-16)30-14-29-17)23(3)20(26)28-9-8-24-7-6-22(2)11-21(24)12-27-13-21/h4-5,10,15H,6-9,11-14H2,1-3H3. The fourth-order valence-electron chi connectivity index (χ4n) is 4.14. The van der Waals surface area contributed by atoms with Crippen molar-refractivity contribution < 1.29 is 28.5 Å². The molecular weight excluding hydrogens is 390 g/mol. The summed E-state index contributed by atoms with van der Waals surface area (Å²) in [6, 6.07) is 4.37. The van der Waals surface area contributed by atoms with Crippen molar-refractivity contribution in [1.29, 1.82) is 0 Å². The van der Waals surface area contributed by atoms with Crippen molar-refractivity contribution in [2.45, 2.75) is 18.5 Å². The fraction of sp³-hybridized carbons (Fsp3) is 0.619. The first-order valence-electron chi connectivity index (χ1n) is 10.2. The van der Waals surface area contributed by atoms with Crippen LogP contribution in [-0.4, -0.2) is 105 Å². The molecule has 0 saturated carbocycles. The average Bonchev–Trinajstić information content (AvgIpc) is 3.19. The number of amides is 1. The maximum Gasteiger partial charge on any atom is 0.410 e. The van der Waals surface area contributed by atoms with Gasteiger partial charge in [-0.25, -0.2) is 4.79 Å². The molecule has 164 valence electrons. The van der Waals surface area contributed by atoms with Crippen LogP contribution in [0.2, 0.25) is 0 Å². The summed E-state index contributed by atoms with van der Waals surface area (Å²) in [5.74, 6) is 0.974. The second-order valence-electron chi connectivity index (χ2n) is 8.28. The van der Waals surface area contributed by atoms with E-state index in [0.717, 1.165) is 19.6 Å². The molecule has 0 radical (unpaired) electrons. The van der Waals surface area contributed by atoms with Gasteiger partial charge in [0.2, 0.25) is 6.79 Å². The molecule has 0 N–H and O–H groups in total. The molecular formula is C21H29N3O6. The Morgan fingerprint density at radius 1 is 1.23 bits per heavy atom. The quantitative estimate of drug-likeness (QED) is 0.634. The predicted octanol–water partition coefficient (Wildman–Crippen LogP) is 1.07. The van der Waals surface area contributed by atoms with Gasteiger partial charge >= 0.3 is 6.09 Å². The molecule has 0 bridgehead atoms. The number of ether oxygens (including phenoxy) is 4. The molecule has 1 unspecified atom stereocenters. The van der Waals surface area contributed by atoms with Crippen LogP contribution in [0.1, 0.15) is 17.3 Å². The Balaban J connectivity index is 1.28. The first kappa shape index (κ1) is 20.9. The van der Waals surface area contributed by atoms with Crippen molar-refractivity contribution in [3.8, 4) is 11.5 Å². The maximum absolute atomic E-state index is 12.8. The van der Waals surface area contributed by atoms with Crippen LogP contribution in [0.3, 0.4) is 0 Å². The Morgan fingerprint density at radius 3 is 2.73 bits per heavy atom. The number of fused-ring (bicyclic) bond motifs is 1. The molecule has 4 rings (SSSR count). The highest BCUT2D eigenvalue weighted by atomic mass is 16.7. The van der Waals surface area contributed by atoms with Crippen molar-refractivity contribution in [2.75, 3.05) is 66.9 Å². The third kappa shape index (κ3) is 3.97. The zero-order chi connectivity index (χ0) is 21.3. The minimum absolute atomic E-state index is 0.0356. The topological polar surface area (TPSA) is 80.8 Å². The van der Waals surface area contributed by atoms with Crippen molar-refractivity contribution in [2.24, 2.45) is 0 Å². The Labute approximate surface area is 176 Å². The van der Waals surface area contributed by atoms with Crippen molar-refractivity contribution >= 4 is 11.9 Å². The Hall–Kier alpha value is -2.36. The van der Waals surface area contributed by atoms with E-state index in [1.165, 1.54) is 4.90 Å². The number of nitrogens with zero attached hydrogens (tertiary/aromatic N) is 3. The van der Waals surface area contributed by atoms with E-state index in [1.54, 1.807) is 32.2 Å². The molecule has 1 atom stereocenters. The molecule has 3 aliphatic heterocycles. The van der Waals surface area contributed by atoms with Gasteiger partial charge in [0.15, 0.2) is 17.3 Å². The Kier molecular flexibility index (Phi) is 5.86. The maximum atomic E-state index is 12.8. The summed E-state index contributed by atoms with van der Waals surface area (Å²) in [6.07, 6.45) is -0.510. The van der Waals surface area contributed by atoms with E-state index in [2.05, 4.69) is 16.8 Å². The summed E-state index contributed by atoms with van der Waals surface area (Å²) in [5.41, 5.74) is 0.504. The summed E-state index contributed by atoms with van der Waals surface area (Å²) in [4.78, 5) is 31.3.